The van der Waals surface area contributed by atoms with Gasteiger partial charge in [-0.05, 0) is 31.9 Å². The molecule has 154 valence electrons. The number of imidazole rings is 1. The van der Waals surface area contributed by atoms with E-state index in [2.05, 4.69) is 20.4 Å². The van der Waals surface area contributed by atoms with Gasteiger partial charge in [-0.1, -0.05) is 6.08 Å². The maximum absolute atomic E-state index is 12.9. The number of fused-ring (bicyclic) bond motifs is 1. The van der Waals surface area contributed by atoms with Crippen LogP contribution in [0.15, 0.2) is 18.5 Å². The van der Waals surface area contributed by atoms with E-state index in [0.29, 0.717) is 29.6 Å². The Kier molecular flexibility index (Phi) is 5.18. The molecule has 3 N–H and O–H groups in total. The molecular weight excluding hydrogens is 380 g/mol. The van der Waals surface area contributed by atoms with Crippen molar-refractivity contribution in [2.75, 3.05) is 18.2 Å². The zero-order valence-electron chi connectivity index (χ0n) is 16.2. The van der Waals surface area contributed by atoms with Crippen LogP contribution in [-0.4, -0.2) is 49.8 Å². The molecule has 29 heavy (non-hydrogen) atoms. The lowest BCUT2D eigenvalue weighted by molar-refractivity contribution is 0.0326. The van der Waals surface area contributed by atoms with Gasteiger partial charge in [-0.2, -0.15) is 0 Å². The summed E-state index contributed by atoms with van der Waals surface area (Å²) in [6.07, 6.45) is 6.73. The Morgan fingerprint density at radius 3 is 2.90 bits per heavy atom. The van der Waals surface area contributed by atoms with Gasteiger partial charge in [-0.3, -0.25) is 0 Å². The fraction of sp³-hybridized carbons (Fsp3) is 0.421. The minimum absolute atomic E-state index is 0.223. The van der Waals surface area contributed by atoms with Crippen molar-refractivity contribution in [3.05, 3.63) is 35.5 Å². The lowest BCUT2D eigenvalue weighted by atomic mass is 9.89. The molecule has 1 aliphatic carbocycles. The van der Waals surface area contributed by atoms with E-state index in [1.165, 1.54) is 4.57 Å². The first-order chi connectivity index (χ1) is 13.9. The van der Waals surface area contributed by atoms with Crippen LogP contribution < -0.4 is 11.1 Å². The van der Waals surface area contributed by atoms with Gasteiger partial charge in [-0.15, -0.1) is 5.10 Å². The van der Waals surface area contributed by atoms with Crippen LogP contribution in [0.25, 0.3) is 17.7 Å². The molecule has 3 aromatic heterocycles. The standard InChI is InChI=1S/C19H23F2N7O/c1-11-24-18(22)15(27(11)10-17(20)21)4-3-12-5-6-28-16(12)9-23-19(26-28)25-13-7-14(8-13)29-2/h3-6,9,13-14,17H,7-8,10,22H2,1-2H3,(H,25,26)/b4-3+. The molecule has 0 atom stereocenters. The van der Waals surface area contributed by atoms with Gasteiger partial charge >= 0.3 is 0 Å². The number of methoxy groups -OCH3 is 1. The lowest BCUT2D eigenvalue weighted by Crippen LogP contribution is -2.40. The average molecular weight is 403 g/mol. The molecule has 1 fully saturated rings. The zero-order chi connectivity index (χ0) is 20.5. The Labute approximate surface area is 166 Å². The number of rotatable bonds is 7. The summed E-state index contributed by atoms with van der Waals surface area (Å²) in [5, 5.41) is 7.78. The molecule has 3 heterocycles. The molecule has 0 aliphatic heterocycles. The Morgan fingerprint density at radius 2 is 2.17 bits per heavy atom. The first-order valence-corrected chi connectivity index (χ1v) is 9.37. The van der Waals surface area contributed by atoms with Crippen molar-refractivity contribution in [3.8, 4) is 0 Å². The van der Waals surface area contributed by atoms with E-state index in [-0.39, 0.29) is 5.82 Å². The largest absolute Gasteiger partial charge is 0.382 e. The van der Waals surface area contributed by atoms with E-state index >= 15 is 0 Å². The van der Waals surface area contributed by atoms with Crippen molar-refractivity contribution in [2.45, 2.75) is 44.9 Å². The van der Waals surface area contributed by atoms with E-state index in [1.54, 1.807) is 36.9 Å². The number of aryl methyl sites for hydroxylation is 1. The number of halogens is 2. The molecule has 0 spiro atoms. The third-order valence-corrected chi connectivity index (χ3v) is 5.18. The van der Waals surface area contributed by atoms with E-state index < -0.39 is 13.0 Å². The fourth-order valence-electron chi connectivity index (χ4n) is 3.50. The molecule has 0 unspecified atom stereocenters. The summed E-state index contributed by atoms with van der Waals surface area (Å²) in [6.45, 7) is 1.21. The molecule has 4 rings (SSSR count). The Bertz CT molecular complexity index is 1040. The molecule has 10 heteroatoms. The predicted octanol–water partition coefficient (Wildman–Crippen LogP) is 2.84. The molecule has 0 amide bonds. The first-order valence-electron chi connectivity index (χ1n) is 9.37. The van der Waals surface area contributed by atoms with Gasteiger partial charge in [0, 0.05) is 24.9 Å². The Hall–Kier alpha value is -3.01. The number of alkyl halides is 2. The van der Waals surface area contributed by atoms with Gasteiger partial charge in [0.2, 0.25) is 5.95 Å². The van der Waals surface area contributed by atoms with E-state index in [4.69, 9.17) is 10.5 Å². The van der Waals surface area contributed by atoms with E-state index in [0.717, 1.165) is 23.9 Å². The second-order valence-electron chi connectivity index (χ2n) is 7.12. The normalized spacial score (nSPS) is 19.3. The number of hydrogen-bond donors (Lipinski definition) is 2. The number of nitrogens with zero attached hydrogens (tertiary/aromatic N) is 5. The summed E-state index contributed by atoms with van der Waals surface area (Å²) in [6, 6.07) is 2.19. The molecule has 8 nitrogen and oxygen atoms in total. The highest BCUT2D eigenvalue weighted by Gasteiger charge is 2.29. The van der Waals surface area contributed by atoms with Crippen molar-refractivity contribution < 1.29 is 13.5 Å². The highest BCUT2D eigenvalue weighted by atomic mass is 19.3. The average Bonchev–Trinajstić information content (AvgIpc) is 3.16. The van der Waals surface area contributed by atoms with Crippen molar-refractivity contribution >= 4 is 29.4 Å². The highest BCUT2D eigenvalue weighted by molar-refractivity contribution is 5.79. The monoisotopic (exact) mass is 403 g/mol. The van der Waals surface area contributed by atoms with Crippen LogP contribution in [0.3, 0.4) is 0 Å². The number of anilines is 2. The number of aromatic nitrogens is 5. The zero-order valence-corrected chi connectivity index (χ0v) is 16.2. The fourth-order valence-corrected chi connectivity index (χ4v) is 3.50. The minimum atomic E-state index is -2.49. The smallest absolute Gasteiger partial charge is 0.256 e. The molecule has 0 aromatic carbocycles. The van der Waals surface area contributed by atoms with Crippen LogP contribution in [-0.2, 0) is 11.3 Å². The molecule has 0 bridgehead atoms. The van der Waals surface area contributed by atoms with Gasteiger partial charge in [-0.25, -0.2) is 23.3 Å². The van der Waals surface area contributed by atoms with Gasteiger partial charge in [0.05, 0.1) is 30.1 Å². The highest BCUT2D eigenvalue weighted by Crippen LogP contribution is 2.25. The molecular formula is C19H23F2N7O. The number of nitrogens with two attached hydrogens (primary N) is 1. The summed E-state index contributed by atoms with van der Waals surface area (Å²) in [4.78, 5) is 8.49. The van der Waals surface area contributed by atoms with Gasteiger partial charge in [0.25, 0.3) is 6.43 Å². The second-order valence-corrected chi connectivity index (χ2v) is 7.12. The van der Waals surface area contributed by atoms with Crippen molar-refractivity contribution in [2.24, 2.45) is 0 Å². The van der Waals surface area contributed by atoms with Gasteiger partial charge in [0.1, 0.15) is 11.6 Å². The summed E-state index contributed by atoms with van der Waals surface area (Å²) in [5.74, 6) is 1.23. The molecule has 0 saturated heterocycles. The van der Waals surface area contributed by atoms with Crippen LogP contribution in [0.2, 0.25) is 0 Å². The number of ether oxygens (including phenoxy) is 1. The number of hydrogen-bond acceptors (Lipinski definition) is 6. The summed E-state index contributed by atoms with van der Waals surface area (Å²) < 4.78 is 34.2. The number of nitrogen functional groups attached to an aromatic ring is 1. The quantitative estimate of drug-likeness (QED) is 0.630. The van der Waals surface area contributed by atoms with Crippen molar-refractivity contribution in [1.82, 2.24) is 24.1 Å². The van der Waals surface area contributed by atoms with E-state index in [1.807, 2.05) is 12.3 Å². The Morgan fingerprint density at radius 1 is 1.38 bits per heavy atom. The van der Waals surface area contributed by atoms with Crippen LogP contribution in [0.5, 0.6) is 0 Å². The van der Waals surface area contributed by atoms with Gasteiger partial charge in [0.15, 0.2) is 0 Å². The van der Waals surface area contributed by atoms with Gasteiger partial charge < -0.3 is 20.4 Å². The number of nitrogens with one attached hydrogen (secondary N) is 1. The molecule has 1 aliphatic rings. The molecule has 3 aromatic rings. The van der Waals surface area contributed by atoms with Crippen LogP contribution in [0.4, 0.5) is 20.5 Å². The Balaban J connectivity index is 1.53. The topological polar surface area (TPSA) is 95.3 Å². The molecule has 1 saturated carbocycles. The second kappa shape index (κ2) is 7.78. The maximum atomic E-state index is 12.9. The summed E-state index contributed by atoms with van der Waals surface area (Å²) >= 11 is 0. The predicted molar refractivity (Wildman–Crippen MR) is 107 cm³/mol. The lowest BCUT2D eigenvalue weighted by Gasteiger charge is -2.34. The maximum Gasteiger partial charge on any atom is 0.256 e. The van der Waals surface area contributed by atoms with Crippen molar-refractivity contribution in [1.29, 1.82) is 0 Å². The summed E-state index contributed by atoms with van der Waals surface area (Å²) in [7, 11) is 1.72. The summed E-state index contributed by atoms with van der Waals surface area (Å²) in [5.41, 5.74) is 8.00. The van der Waals surface area contributed by atoms with E-state index in [9.17, 15) is 8.78 Å². The van der Waals surface area contributed by atoms with Crippen LogP contribution in [0, 0.1) is 6.92 Å². The molecule has 0 radical (unpaired) electrons. The minimum Gasteiger partial charge on any atom is -0.382 e. The third kappa shape index (κ3) is 3.93. The van der Waals surface area contributed by atoms with Crippen LogP contribution >= 0.6 is 0 Å². The third-order valence-electron chi connectivity index (χ3n) is 5.18. The first kappa shape index (κ1) is 19.3. The van der Waals surface area contributed by atoms with Crippen molar-refractivity contribution in [3.63, 3.8) is 0 Å². The SMILES string of the molecule is COC1CC(Nc2ncc3c(/C=C/c4c(N)nc(C)n4CC(F)F)ccn3n2)C1. The van der Waals surface area contributed by atoms with Crippen LogP contribution in [0.1, 0.15) is 29.9 Å².